The molecule has 2 aromatic carbocycles. The molecule has 4 rings (SSSR count). The van der Waals surface area contributed by atoms with Crippen LogP contribution in [0.5, 0.6) is 0 Å². The van der Waals surface area contributed by atoms with Crippen molar-refractivity contribution in [3.05, 3.63) is 65.2 Å². The molecule has 0 spiro atoms. The lowest BCUT2D eigenvalue weighted by atomic mass is 10.1. The Kier molecular flexibility index (Phi) is 5.30. The molecule has 0 aliphatic carbocycles. The Bertz CT molecular complexity index is 865. The van der Waals surface area contributed by atoms with Gasteiger partial charge in [0.15, 0.2) is 6.10 Å². The van der Waals surface area contributed by atoms with Gasteiger partial charge in [-0.3, -0.25) is 4.79 Å². The van der Waals surface area contributed by atoms with Crippen LogP contribution in [-0.2, 0) is 33.8 Å². The lowest BCUT2D eigenvalue weighted by Gasteiger charge is -2.19. The fourth-order valence-corrected chi connectivity index (χ4v) is 3.87. The molecule has 0 bridgehead atoms. The first kappa shape index (κ1) is 18.5. The van der Waals surface area contributed by atoms with Crippen LogP contribution in [0.25, 0.3) is 0 Å². The molecule has 0 radical (unpaired) electrons. The number of carboxylic acid groups (broad SMARTS) is 1. The van der Waals surface area contributed by atoms with Crippen molar-refractivity contribution in [2.45, 2.75) is 44.6 Å². The van der Waals surface area contributed by atoms with Gasteiger partial charge in [-0.15, -0.1) is 0 Å². The number of ether oxygens (including phenoxy) is 1. The second-order valence-electron chi connectivity index (χ2n) is 7.36. The minimum absolute atomic E-state index is 0.249. The van der Waals surface area contributed by atoms with E-state index < -0.39 is 18.2 Å². The van der Waals surface area contributed by atoms with Crippen LogP contribution in [0.1, 0.15) is 29.5 Å². The summed E-state index contributed by atoms with van der Waals surface area (Å²) in [5.41, 5.74) is 4.96. The van der Waals surface area contributed by atoms with Gasteiger partial charge in [0.25, 0.3) is 0 Å². The Morgan fingerprint density at radius 1 is 1.04 bits per heavy atom. The number of hydrogen-bond donors (Lipinski definition) is 2. The molecule has 0 aromatic heterocycles. The van der Waals surface area contributed by atoms with Crippen LogP contribution in [0.4, 0.5) is 5.69 Å². The van der Waals surface area contributed by atoms with Gasteiger partial charge < -0.3 is 20.1 Å². The maximum Gasteiger partial charge on any atom is 0.332 e. The summed E-state index contributed by atoms with van der Waals surface area (Å²) in [6, 6.07) is 16.8. The van der Waals surface area contributed by atoms with Gasteiger partial charge >= 0.3 is 5.97 Å². The van der Waals surface area contributed by atoms with Crippen LogP contribution < -0.4 is 10.2 Å². The van der Waals surface area contributed by atoms with Crippen molar-refractivity contribution in [2.24, 2.45) is 0 Å². The highest BCUT2D eigenvalue weighted by molar-refractivity contribution is 5.82. The van der Waals surface area contributed by atoms with Gasteiger partial charge in [0.2, 0.25) is 5.91 Å². The number of nitrogens with zero attached hydrogens (tertiary/aromatic N) is 1. The molecule has 1 amide bonds. The fraction of sp³-hybridized carbons (Fsp3) is 0.364. The first-order valence-corrected chi connectivity index (χ1v) is 9.67. The summed E-state index contributed by atoms with van der Waals surface area (Å²) >= 11 is 0. The van der Waals surface area contributed by atoms with E-state index in [1.165, 1.54) is 16.8 Å². The monoisotopic (exact) mass is 380 g/mol. The lowest BCUT2D eigenvalue weighted by Crippen LogP contribution is -2.35. The number of nitrogens with one attached hydrogen (secondary N) is 1. The van der Waals surface area contributed by atoms with E-state index in [2.05, 4.69) is 46.6 Å². The number of carboxylic acids is 1. The predicted octanol–water partition coefficient (Wildman–Crippen LogP) is 2.50. The molecular formula is C22H24N2O4. The van der Waals surface area contributed by atoms with Gasteiger partial charge in [0.05, 0.1) is 0 Å². The Morgan fingerprint density at radius 3 is 2.50 bits per heavy atom. The van der Waals surface area contributed by atoms with E-state index in [0.29, 0.717) is 19.4 Å². The smallest absolute Gasteiger partial charge is 0.332 e. The highest BCUT2D eigenvalue weighted by Gasteiger charge is 2.34. The topological polar surface area (TPSA) is 78.9 Å². The Hall–Kier alpha value is -2.86. The van der Waals surface area contributed by atoms with Gasteiger partial charge in [-0.2, -0.15) is 0 Å². The zero-order valence-corrected chi connectivity index (χ0v) is 15.6. The van der Waals surface area contributed by atoms with Crippen molar-refractivity contribution < 1.29 is 19.4 Å². The third-order valence-electron chi connectivity index (χ3n) is 5.43. The molecule has 0 unspecified atom stereocenters. The molecule has 2 aliphatic rings. The number of rotatable bonds is 6. The molecule has 146 valence electrons. The molecule has 2 aliphatic heterocycles. The van der Waals surface area contributed by atoms with Crippen molar-refractivity contribution in [3.8, 4) is 0 Å². The van der Waals surface area contributed by atoms with Gasteiger partial charge in [-0.1, -0.05) is 42.5 Å². The summed E-state index contributed by atoms with van der Waals surface area (Å²) in [6.45, 7) is 2.31. The Labute approximate surface area is 164 Å². The largest absolute Gasteiger partial charge is 0.479 e. The molecule has 6 heteroatoms. The SMILES string of the molecule is O=C(NCc1ccc(CN2CCc3ccccc32)cc1)[C@@H]1CC[C@H](C(=O)O)O1. The van der Waals surface area contributed by atoms with Crippen LogP contribution in [0.2, 0.25) is 0 Å². The first-order chi connectivity index (χ1) is 13.6. The van der Waals surface area contributed by atoms with E-state index in [4.69, 9.17) is 9.84 Å². The number of anilines is 1. The average molecular weight is 380 g/mol. The van der Waals surface area contributed by atoms with E-state index in [9.17, 15) is 9.59 Å². The fourth-order valence-electron chi connectivity index (χ4n) is 3.87. The Morgan fingerprint density at radius 2 is 1.75 bits per heavy atom. The van der Waals surface area contributed by atoms with Crippen molar-refractivity contribution in [1.29, 1.82) is 0 Å². The third-order valence-corrected chi connectivity index (χ3v) is 5.43. The molecule has 1 saturated heterocycles. The zero-order valence-electron chi connectivity index (χ0n) is 15.6. The van der Waals surface area contributed by atoms with Crippen LogP contribution in [0.15, 0.2) is 48.5 Å². The van der Waals surface area contributed by atoms with E-state index in [1.54, 1.807) is 0 Å². The number of aliphatic carboxylic acids is 1. The van der Waals surface area contributed by atoms with Gasteiger partial charge in [0, 0.05) is 25.3 Å². The van der Waals surface area contributed by atoms with E-state index in [0.717, 1.165) is 25.1 Å². The molecule has 2 N–H and O–H groups in total. The number of benzene rings is 2. The minimum atomic E-state index is -1.01. The summed E-state index contributed by atoms with van der Waals surface area (Å²) in [6.07, 6.45) is 0.369. The summed E-state index contributed by atoms with van der Waals surface area (Å²) in [5.74, 6) is -1.26. The van der Waals surface area contributed by atoms with Gasteiger partial charge in [0.1, 0.15) is 6.10 Å². The number of amides is 1. The number of hydrogen-bond acceptors (Lipinski definition) is 4. The quantitative estimate of drug-likeness (QED) is 0.805. The van der Waals surface area contributed by atoms with Crippen molar-refractivity contribution in [3.63, 3.8) is 0 Å². The van der Waals surface area contributed by atoms with Crippen LogP contribution in [-0.4, -0.2) is 35.7 Å². The molecular weight excluding hydrogens is 356 g/mol. The van der Waals surface area contributed by atoms with Crippen molar-refractivity contribution in [2.75, 3.05) is 11.4 Å². The molecule has 0 saturated carbocycles. The molecule has 2 heterocycles. The highest BCUT2D eigenvalue weighted by Crippen LogP contribution is 2.28. The minimum Gasteiger partial charge on any atom is -0.479 e. The number of para-hydroxylation sites is 1. The lowest BCUT2D eigenvalue weighted by molar-refractivity contribution is -0.151. The van der Waals surface area contributed by atoms with E-state index in [-0.39, 0.29) is 5.91 Å². The second kappa shape index (κ2) is 8.02. The molecule has 28 heavy (non-hydrogen) atoms. The number of carbonyl (C=O) groups excluding carboxylic acids is 1. The van der Waals surface area contributed by atoms with E-state index in [1.807, 2.05) is 12.1 Å². The zero-order chi connectivity index (χ0) is 19.5. The highest BCUT2D eigenvalue weighted by atomic mass is 16.5. The maximum absolute atomic E-state index is 12.2. The second-order valence-corrected chi connectivity index (χ2v) is 7.36. The van der Waals surface area contributed by atoms with Crippen molar-refractivity contribution >= 4 is 17.6 Å². The molecule has 2 atom stereocenters. The maximum atomic E-state index is 12.2. The molecule has 1 fully saturated rings. The van der Waals surface area contributed by atoms with Crippen LogP contribution >= 0.6 is 0 Å². The summed E-state index contributed by atoms with van der Waals surface area (Å²) < 4.78 is 5.28. The van der Waals surface area contributed by atoms with Gasteiger partial charge in [-0.05, 0) is 42.0 Å². The van der Waals surface area contributed by atoms with Crippen molar-refractivity contribution in [1.82, 2.24) is 5.32 Å². The number of fused-ring (bicyclic) bond motifs is 1. The van der Waals surface area contributed by atoms with Gasteiger partial charge in [-0.25, -0.2) is 4.79 Å². The summed E-state index contributed by atoms with van der Waals surface area (Å²) in [5, 5.41) is 11.8. The third kappa shape index (κ3) is 4.02. The summed E-state index contributed by atoms with van der Waals surface area (Å²) in [4.78, 5) is 25.5. The molecule has 6 nitrogen and oxygen atoms in total. The normalized spacial score (nSPS) is 20.8. The first-order valence-electron chi connectivity index (χ1n) is 9.67. The molecule has 2 aromatic rings. The number of carbonyl (C=O) groups is 2. The summed E-state index contributed by atoms with van der Waals surface area (Å²) in [7, 11) is 0. The van der Waals surface area contributed by atoms with Crippen LogP contribution in [0, 0.1) is 0 Å². The predicted molar refractivity (Wildman–Crippen MR) is 105 cm³/mol. The van der Waals surface area contributed by atoms with Crippen LogP contribution in [0.3, 0.4) is 0 Å². The Balaban J connectivity index is 1.28. The standard InChI is InChI=1S/C22H24N2O4/c25-21(19-9-10-20(28-19)22(26)27)23-13-15-5-7-16(8-6-15)14-24-12-11-17-3-1-2-4-18(17)24/h1-8,19-20H,9-14H2,(H,23,25)(H,26,27)/t19-,20+/m0/s1. The van der Waals surface area contributed by atoms with E-state index >= 15 is 0 Å². The average Bonchev–Trinajstić information content (AvgIpc) is 3.35.